The van der Waals surface area contributed by atoms with E-state index >= 15 is 0 Å². The Morgan fingerprint density at radius 2 is 2.00 bits per heavy atom. The SMILES string of the molecule is O=C(O)CSc1nncn1-c1ccc2ccccc2c1. The molecule has 1 aromatic heterocycles. The molecular formula is C14H11N3O2S. The number of carboxylic acids is 1. The van der Waals surface area contributed by atoms with E-state index in [0.29, 0.717) is 5.16 Å². The van der Waals surface area contributed by atoms with Crippen LogP contribution in [0, 0.1) is 0 Å². The maximum absolute atomic E-state index is 10.6. The summed E-state index contributed by atoms with van der Waals surface area (Å²) in [5.74, 6) is -0.908. The molecule has 0 spiro atoms. The first-order valence-electron chi connectivity index (χ1n) is 5.98. The van der Waals surface area contributed by atoms with Gasteiger partial charge < -0.3 is 5.11 Å². The number of fused-ring (bicyclic) bond motifs is 1. The second-order valence-corrected chi connectivity index (χ2v) is 5.14. The van der Waals surface area contributed by atoms with Crippen molar-refractivity contribution in [2.24, 2.45) is 0 Å². The van der Waals surface area contributed by atoms with Gasteiger partial charge in [0.05, 0.1) is 5.75 Å². The molecule has 2 aromatic carbocycles. The quantitative estimate of drug-likeness (QED) is 0.746. The molecule has 0 atom stereocenters. The zero-order chi connectivity index (χ0) is 13.9. The third kappa shape index (κ3) is 2.50. The topological polar surface area (TPSA) is 68.0 Å². The van der Waals surface area contributed by atoms with Gasteiger partial charge in [-0.05, 0) is 22.9 Å². The first-order valence-corrected chi connectivity index (χ1v) is 6.96. The maximum atomic E-state index is 10.6. The Balaban J connectivity index is 1.98. The lowest BCUT2D eigenvalue weighted by Crippen LogP contribution is -2.01. The van der Waals surface area contributed by atoms with Gasteiger partial charge >= 0.3 is 5.97 Å². The Labute approximate surface area is 119 Å². The Morgan fingerprint density at radius 1 is 1.20 bits per heavy atom. The van der Waals surface area contributed by atoms with E-state index < -0.39 is 5.97 Å². The van der Waals surface area contributed by atoms with E-state index in [0.717, 1.165) is 28.2 Å². The molecule has 1 N–H and O–H groups in total. The van der Waals surface area contributed by atoms with Crippen LogP contribution in [0.15, 0.2) is 53.9 Å². The van der Waals surface area contributed by atoms with Crippen LogP contribution in [0.1, 0.15) is 0 Å². The number of benzene rings is 2. The predicted octanol–water partition coefficient (Wildman–Crippen LogP) is 2.60. The van der Waals surface area contributed by atoms with Crippen LogP contribution in [0.5, 0.6) is 0 Å². The van der Waals surface area contributed by atoms with Crippen LogP contribution in [-0.4, -0.2) is 31.6 Å². The van der Waals surface area contributed by atoms with Crippen molar-refractivity contribution in [1.29, 1.82) is 0 Å². The summed E-state index contributed by atoms with van der Waals surface area (Å²) >= 11 is 1.15. The number of aromatic nitrogens is 3. The normalized spacial score (nSPS) is 10.8. The largest absolute Gasteiger partial charge is 0.481 e. The number of hydrogen-bond donors (Lipinski definition) is 1. The minimum atomic E-state index is -0.872. The van der Waals surface area contributed by atoms with Gasteiger partial charge in [0.2, 0.25) is 0 Å². The van der Waals surface area contributed by atoms with Crippen LogP contribution in [0.3, 0.4) is 0 Å². The lowest BCUT2D eigenvalue weighted by molar-refractivity contribution is -0.133. The van der Waals surface area contributed by atoms with Gasteiger partial charge in [-0.1, -0.05) is 42.1 Å². The van der Waals surface area contributed by atoms with E-state index in [1.165, 1.54) is 0 Å². The highest BCUT2D eigenvalue weighted by Crippen LogP contribution is 2.22. The number of carbonyl (C=O) groups is 1. The fourth-order valence-electron chi connectivity index (χ4n) is 1.95. The van der Waals surface area contributed by atoms with E-state index in [4.69, 9.17) is 5.11 Å². The van der Waals surface area contributed by atoms with Gasteiger partial charge in [-0.3, -0.25) is 9.36 Å². The van der Waals surface area contributed by atoms with Crippen molar-refractivity contribution in [1.82, 2.24) is 14.8 Å². The smallest absolute Gasteiger partial charge is 0.313 e. The molecule has 0 radical (unpaired) electrons. The van der Waals surface area contributed by atoms with Gasteiger partial charge in [0.25, 0.3) is 0 Å². The minimum absolute atomic E-state index is 0.0354. The summed E-state index contributed by atoms with van der Waals surface area (Å²) in [5.41, 5.74) is 0.918. The number of hydrogen-bond acceptors (Lipinski definition) is 4. The van der Waals surface area contributed by atoms with E-state index in [1.54, 1.807) is 10.9 Å². The summed E-state index contributed by atoms with van der Waals surface area (Å²) in [6.07, 6.45) is 1.59. The highest BCUT2D eigenvalue weighted by atomic mass is 32.2. The van der Waals surface area contributed by atoms with Crippen molar-refractivity contribution < 1.29 is 9.90 Å². The Kier molecular flexibility index (Phi) is 3.39. The summed E-state index contributed by atoms with van der Waals surface area (Å²) in [7, 11) is 0. The molecule has 0 saturated carbocycles. The summed E-state index contributed by atoms with van der Waals surface area (Å²) in [6, 6.07) is 14.1. The summed E-state index contributed by atoms with van der Waals surface area (Å²) in [6.45, 7) is 0. The number of thioether (sulfide) groups is 1. The maximum Gasteiger partial charge on any atom is 0.313 e. The van der Waals surface area contributed by atoms with Gasteiger partial charge in [0, 0.05) is 5.69 Å². The summed E-state index contributed by atoms with van der Waals surface area (Å²) < 4.78 is 1.79. The highest BCUT2D eigenvalue weighted by molar-refractivity contribution is 7.99. The van der Waals surface area contributed by atoms with Gasteiger partial charge in [-0.25, -0.2) is 0 Å². The molecule has 3 rings (SSSR count). The van der Waals surface area contributed by atoms with Crippen molar-refractivity contribution in [3.8, 4) is 5.69 Å². The summed E-state index contributed by atoms with van der Waals surface area (Å²) in [5, 5.41) is 19.4. The minimum Gasteiger partial charge on any atom is -0.481 e. The van der Waals surface area contributed by atoms with Crippen molar-refractivity contribution in [2.45, 2.75) is 5.16 Å². The molecule has 0 aliphatic heterocycles. The van der Waals surface area contributed by atoms with Crippen molar-refractivity contribution in [2.75, 3.05) is 5.75 Å². The fraction of sp³-hybridized carbons (Fsp3) is 0.0714. The number of carboxylic acid groups (broad SMARTS) is 1. The third-order valence-electron chi connectivity index (χ3n) is 2.85. The molecule has 0 amide bonds. The molecule has 100 valence electrons. The molecule has 0 saturated heterocycles. The lowest BCUT2D eigenvalue weighted by Gasteiger charge is -2.06. The zero-order valence-electron chi connectivity index (χ0n) is 10.4. The molecule has 1 heterocycles. The molecule has 6 heteroatoms. The molecule has 20 heavy (non-hydrogen) atoms. The van der Waals surface area contributed by atoms with Crippen LogP contribution in [-0.2, 0) is 4.79 Å². The van der Waals surface area contributed by atoms with Gasteiger partial charge in [-0.2, -0.15) is 0 Å². The van der Waals surface area contributed by atoms with E-state index in [9.17, 15) is 4.79 Å². The van der Waals surface area contributed by atoms with Crippen LogP contribution in [0.25, 0.3) is 16.5 Å². The fourth-order valence-corrected chi connectivity index (χ4v) is 2.60. The van der Waals surface area contributed by atoms with Crippen molar-refractivity contribution >= 4 is 28.5 Å². The second kappa shape index (κ2) is 5.34. The molecule has 0 aliphatic carbocycles. The lowest BCUT2D eigenvalue weighted by atomic mass is 10.1. The second-order valence-electron chi connectivity index (χ2n) is 4.20. The molecule has 0 bridgehead atoms. The molecule has 0 unspecified atom stereocenters. The van der Waals surface area contributed by atoms with Gasteiger partial charge in [0.1, 0.15) is 6.33 Å². The van der Waals surface area contributed by atoms with Gasteiger partial charge in [-0.15, -0.1) is 10.2 Å². The first kappa shape index (κ1) is 12.7. The predicted molar refractivity (Wildman–Crippen MR) is 77.2 cm³/mol. The van der Waals surface area contributed by atoms with Gasteiger partial charge in [0.15, 0.2) is 5.16 Å². The van der Waals surface area contributed by atoms with Crippen molar-refractivity contribution in [3.05, 3.63) is 48.8 Å². The molecular weight excluding hydrogens is 274 g/mol. The Morgan fingerprint density at radius 3 is 2.80 bits per heavy atom. The van der Waals surface area contributed by atoms with Crippen LogP contribution in [0.4, 0.5) is 0 Å². The average Bonchev–Trinajstić information content (AvgIpc) is 2.93. The molecule has 0 aliphatic rings. The standard InChI is InChI=1S/C14H11N3O2S/c18-13(19)8-20-14-16-15-9-17(14)12-6-5-10-3-1-2-4-11(10)7-12/h1-7,9H,8H2,(H,18,19). The molecule has 0 fully saturated rings. The number of aliphatic carboxylic acids is 1. The first-order chi connectivity index (χ1) is 9.74. The van der Waals surface area contributed by atoms with E-state index in [1.807, 2.05) is 42.5 Å². The van der Waals surface area contributed by atoms with E-state index in [-0.39, 0.29) is 5.75 Å². The van der Waals surface area contributed by atoms with Crippen molar-refractivity contribution in [3.63, 3.8) is 0 Å². The van der Waals surface area contributed by atoms with Crippen LogP contribution >= 0.6 is 11.8 Å². The van der Waals surface area contributed by atoms with E-state index in [2.05, 4.69) is 10.2 Å². The van der Waals surface area contributed by atoms with Crippen LogP contribution in [0.2, 0.25) is 0 Å². The molecule has 3 aromatic rings. The Bertz CT molecular complexity index is 770. The molecule has 5 nitrogen and oxygen atoms in total. The Hall–Kier alpha value is -2.34. The zero-order valence-corrected chi connectivity index (χ0v) is 11.2. The summed E-state index contributed by atoms with van der Waals surface area (Å²) in [4.78, 5) is 10.6. The highest BCUT2D eigenvalue weighted by Gasteiger charge is 2.09. The third-order valence-corrected chi connectivity index (χ3v) is 3.78. The number of rotatable bonds is 4. The average molecular weight is 285 g/mol. The van der Waals surface area contributed by atoms with Crippen LogP contribution < -0.4 is 0 Å². The monoisotopic (exact) mass is 285 g/mol. The number of nitrogens with zero attached hydrogens (tertiary/aromatic N) is 3.